The van der Waals surface area contributed by atoms with E-state index in [9.17, 15) is 0 Å². The summed E-state index contributed by atoms with van der Waals surface area (Å²) in [5.74, 6) is 0. The lowest BCUT2D eigenvalue weighted by Gasteiger charge is -2.25. The van der Waals surface area contributed by atoms with Crippen molar-refractivity contribution < 1.29 is 9.47 Å². The molecule has 88 valence electrons. The van der Waals surface area contributed by atoms with Crippen molar-refractivity contribution in [2.24, 2.45) is 5.41 Å². The van der Waals surface area contributed by atoms with E-state index in [1.807, 2.05) is 0 Å². The van der Waals surface area contributed by atoms with Crippen LogP contribution in [0.15, 0.2) is 0 Å². The first-order valence-corrected chi connectivity index (χ1v) is 6.08. The number of ether oxygens (including phenoxy) is 2. The Labute approximate surface area is 92.5 Å². The van der Waals surface area contributed by atoms with Gasteiger partial charge >= 0.3 is 0 Å². The molecule has 2 aliphatic rings. The van der Waals surface area contributed by atoms with Crippen molar-refractivity contribution in [1.29, 1.82) is 0 Å². The van der Waals surface area contributed by atoms with Gasteiger partial charge in [-0.2, -0.15) is 0 Å². The molecule has 0 radical (unpaired) electrons. The summed E-state index contributed by atoms with van der Waals surface area (Å²) < 4.78 is 10.7. The van der Waals surface area contributed by atoms with Gasteiger partial charge in [-0.25, -0.2) is 0 Å². The molecule has 0 aromatic heterocycles. The quantitative estimate of drug-likeness (QED) is 0.777. The van der Waals surface area contributed by atoms with Crippen LogP contribution in [0.2, 0.25) is 0 Å². The Morgan fingerprint density at radius 1 is 1.33 bits per heavy atom. The second-order valence-electron chi connectivity index (χ2n) is 5.62. The summed E-state index contributed by atoms with van der Waals surface area (Å²) in [4.78, 5) is 0. The summed E-state index contributed by atoms with van der Waals surface area (Å²) in [5, 5.41) is 3.63. The third kappa shape index (κ3) is 3.44. The largest absolute Gasteiger partial charge is 0.355 e. The molecule has 15 heavy (non-hydrogen) atoms. The van der Waals surface area contributed by atoms with Crippen molar-refractivity contribution in [3.05, 3.63) is 0 Å². The first-order chi connectivity index (χ1) is 7.16. The van der Waals surface area contributed by atoms with Gasteiger partial charge in [0.25, 0.3) is 0 Å². The molecule has 1 N–H and O–H groups in total. The molecule has 0 aromatic rings. The van der Waals surface area contributed by atoms with E-state index in [0.29, 0.717) is 24.4 Å². The minimum Gasteiger partial charge on any atom is -0.355 e. The molecular weight excluding hydrogens is 190 g/mol. The molecular formula is C12H23NO2. The van der Waals surface area contributed by atoms with Crippen molar-refractivity contribution in [3.8, 4) is 0 Å². The zero-order valence-electron chi connectivity index (χ0n) is 9.92. The van der Waals surface area contributed by atoms with Crippen LogP contribution in [-0.4, -0.2) is 32.1 Å². The highest BCUT2D eigenvalue weighted by atomic mass is 16.7. The summed E-state index contributed by atoms with van der Waals surface area (Å²) in [7, 11) is 0. The van der Waals surface area contributed by atoms with Crippen molar-refractivity contribution in [2.45, 2.75) is 51.7 Å². The lowest BCUT2D eigenvalue weighted by atomic mass is 9.92. The molecule has 1 saturated heterocycles. The van der Waals surface area contributed by atoms with E-state index in [1.165, 1.54) is 19.3 Å². The highest BCUT2D eigenvalue weighted by molar-refractivity contribution is 4.86. The van der Waals surface area contributed by atoms with Crippen molar-refractivity contribution in [2.75, 3.05) is 19.9 Å². The molecule has 0 bridgehead atoms. The SMILES string of the molecule is CC1(C)CCC(NCC2CCOCO2)C1. The van der Waals surface area contributed by atoms with Gasteiger partial charge in [-0.1, -0.05) is 13.8 Å². The zero-order valence-corrected chi connectivity index (χ0v) is 9.92. The van der Waals surface area contributed by atoms with E-state index in [2.05, 4.69) is 19.2 Å². The van der Waals surface area contributed by atoms with Gasteiger partial charge in [0.2, 0.25) is 0 Å². The standard InChI is InChI=1S/C12H23NO2/c1-12(2)5-3-10(7-12)13-8-11-4-6-14-9-15-11/h10-11,13H,3-9H2,1-2H3. The molecule has 0 spiro atoms. The van der Waals surface area contributed by atoms with Crippen molar-refractivity contribution in [1.82, 2.24) is 5.32 Å². The van der Waals surface area contributed by atoms with Gasteiger partial charge in [0.15, 0.2) is 0 Å². The summed E-state index contributed by atoms with van der Waals surface area (Å²) in [6, 6.07) is 0.700. The minimum atomic E-state index is 0.363. The van der Waals surface area contributed by atoms with Crippen LogP contribution >= 0.6 is 0 Å². The smallest absolute Gasteiger partial charge is 0.147 e. The molecule has 1 aliphatic carbocycles. The second kappa shape index (κ2) is 4.81. The van der Waals surface area contributed by atoms with E-state index in [1.54, 1.807) is 0 Å². The van der Waals surface area contributed by atoms with E-state index in [0.717, 1.165) is 19.6 Å². The van der Waals surface area contributed by atoms with E-state index in [4.69, 9.17) is 9.47 Å². The first kappa shape index (κ1) is 11.4. The monoisotopic (exact) mass is 213 g/mol. The lowest BCUT2D eigenvalue weighted by molar-refractivity contribution is -0.137. The van der Waals surface area contributed by atoms with Crippen LogP contribution in [-0.2, 0) is 9.47 Å². The fourth-order valence-electron chi connectivity index (χ4n) is 2.57. The molecule has 0 aromatic carbocycles. The van der Waals surface area contributed by atoms with E-state index >= 15 is 0 Å². The Morgan fingerprint density at radius 2 is 2.20 bits per heavy atom. The van der Waals surface area contributed by atoms with Gasteiger partial charge < -0.3 is 14.8 Å². The first-order valence-electron chi connectivity index (χ1n) is 6.08. The molecule has 2 rings (SSSR count). The number of rotatable bonds is 3. The molecule has 2 unspecified atom stereocenters. The predicted octanol–water partition coefficient (Wildman–Crippen LogP) is 1.92. The third-order valence-electron chi connectivity index (χ3n) is 3.57. The van der Waals surface area contributed by atoms with Crippen LogP contribution in [0.3, 0.4) is 0 Å². The summed E-state index contributed by atoms with van der Waals surface area (Å²) in [5.41, 5.74) is 0.536. The molecule has 1 aliphatic heterocycles. The molecule has 2 fully saturated rings. The van der Waals surface area contributed by atoms with Crippen molar-refractivity contribution in [3.63, 3.8) is 0 Å². The van der Waals surface area contributed by atoms with Crippen LogP contribution in [0.1, 0.15) is 39.5 Å². The summed E-state index contributed by atoms with van der Waals surface area (Å²) >= 11 is 0. The molecule has 1 saturated carbocycles. The van der Waals surface area contributed by atoms with Gasteiger partial charge in [0, 0.05) is 12.6 Å². The van der Waals surface area contributed by atoms with Crippen LogP contribution in [0.5, 0.6) is 0 Å². The van der Waals surface area contributed by atoms with Gasteiger partial charge in [-0.3, -0.25) is 0 Å². The average Bonchev–Trinajstić information content (AvgIpc) is 2.57. The lowest BCUT2D eigenvalue weighted by Crippen LogP contribution is -2.38. The molecule has 1 heterocycles. The number of hydrogen-bond acceptors (Lipinski definition) is 3. The maximum atomic E-state index is 5.50. The van der Waals surface area contributed by atoms with Gasteiger partial charge in [-0.15, -0.1) is 0 Å². The summed E-state index contributed by atoms with van der Waals surface area (Å²) in [6.45, 7) is 7.04. The number of hydrogen-bond donors (Lipinski definition) is 1. The maximum Gasteiger partial charge on any atom is 0.147 e. The minimum absolute atomic E-state index is 0.363. The number of nitrogens with one attached hydrogen (secondary N) is 1. The van der Waals surface area contributed by atoms with Gasteiger partial charge in [0.05, 0.1) is 12.7 Å². The predicted molar refractivity (Wildman–Crippen MR) is 59.7 cm³/mol. The van der Waals surface area contributed by atoms with Gasteiger partial charge in [0.1, 0.15) is 6.79 Å². The fraction of sp³-hybridized carbons (Fsp3) is 1.00. The molecule has 0 amide bonds. The Morgan fingerprint density at radius 3 is 2.80 bits per heavy atom. The highest BCUT2D eigenvalue weighted by Crippen LogP contribution is 2.36. The second-order valence-corrected chi connectivity index (χ2v) is 5.62. The Bertz CT molecular complexity index is 200. The maximum absolute atomic E-state index is 5.50. The van der Waals surface area contributed by atoms with Crippen LogP contribution in [0.4, 0.5) is 0 Å². The topological polar surface area (TPSA) is 30.5 Å². The van der Waals surface area contributed by atoms with Crippen LogP contribution in [0.25, 0.3) is 0 Å². The van der Waals surface area contributed by atoms with Crippen LogP contribution < -0.4 is 5.32 Å². The Balaban J connectivity index is 1.65. The fourth-order valence-corrected chi connectivity index (χ4v) is 2.57. The van der Waals surface area contributed by atoms with Crippen molar-refractivity contribution >= 4 is 0 Å². The summed E-state index contributed by atoms with van der Waals surface area (Å²) in [6.07, 6.45) is 5.36. The van der Waals surface area contributed by atoms with Gasteiger partial charge in [-0.05, 0) is 31.1 Å². The Kier molecular flexibility index (Phi) is 3.65. The molecule has 3 nitrogen and oxygen atoms in total. The normalized spacial score (nSPS) is 35.6. The molecule has 2 atom stereocenters. The molecule has 3 heteroatoms. The van der Waals surface area contributed by atoms with E-state index in [-0.39, 0.29) is 0 Å². The average molecular weight is 213 g/mol. The third-order valence-corrected chi connectivity index (χ3v) is 3.57. The zero-order chi connectivity index (χ0) is 10.7. The highest BCUT2D eigenvalue weighted by Gasteiger charge is 2.30. The Hall–Kier alpha value is -0.120. The van der Waals surface area contributed by atoms with E-state index < -0.39 is 0 Å². The van der Waals surface area contributed by atoms with Crippen LogP contribution in [0, 0.1) is 5.41 Å².